The second-order valence-corrected chi connectivity index (χ2v) is 11.1. The van der Waals surface area contributed by atoms with Gasteiger partial charge < -0.3 is 4.90 Å². The fourth-order valence-corrected chi connectivity index (χ4v) is 6.24. The van der Waals surface area contributed by atoms with Crippen LogP contribution in [0.25, 0.3) is 0 Å². The molecule has 0 spiro atoms. The van der Waals surface area contributed by atoms with Crippen LogP contribution < -0.4 is 5.14 Å². The van der Waals surface area contributed by atoms with E-state index < -0.39 is 10.0 Å². The third kappa shape index (κ3) is 5.81. The molecule has 2 aliphatic heterocycles. The van der Waals surface area contributed by atoms with Crippen LogP contribution in [0.1, 0.15) is 62.5 Å². The third-order valence-electron chi connectivity index (χ3n) is 7.31. The van der Waals surface area contributed by atoms with E-state index in [9.17, 15) is 8.42 Å². The minimum Gasteiger partial charge on any atom is -0.303 e. The highest BCUT2D eigenvalue weighted by Gasteiger charge is 2.26. The van der Waals surface area contributed by atoms with Gasteiger partial charge in [-0.05, 0) is 80.4 Å². The van der Waals surface area contributed by atoms with Crippen molar-refractivity contribution in [1.82, 2.24) is 9.80 Å². The van der Waals surface area contributed by atoms with E-state index in [1.165, 1.54) is 76.6 Å². The van der Waals surface area contributed by atoms with Gasteiger partial charge in [0.2, 0.25) is 10.0 Å². The highest BCUT2D eigenvalue weighted by Crippen LogP contribution is 2.32. The van der Waals surface area contributed by atoms with Crippen molar-refractivity contribution in [3.05, 3.63) is 29.3 Å². The molecule has 0 amide bonds. The zero-order valence-electron chi connectivity index (χ0n) is 17.7. The van der Waals surface area contributed by atoms with Crippen molar-refractivity contribution in [1.29, 1.82) is 0 Å². The number of benzene rings is 1. The second-order valence-electron chi connectivity index (χ2n) is 9.55. The first-order valence-electron chi connectivity index (χ1n) is 11.6. The Bertz CT molecular complexity index is 789. The van der Waals surface area contributed by atoms with Crippen molar-refractivity contribution in [3.63, 3.8) is 0 Å². The van der Waals surface area contributed by atoms with Gasteiger partial charge in [-0.15, -0.1) is 0 Å². The van der Waals surface area contributed by atoms with Gasteiger partial charge in [-0.3, -0.25) is 4.90 Å². The fraction of sp³-hybridized carbons (Fsp3) is 0.739. The zero-order chi connectivity index (χ0) is 20.3. The fourth-order valence-electron chi connectivity index (χ4n) is 5.68. The van der Waals surface area contributed by atoms with E-state index in [0.29, 0.717) is 0 Å². The number of hydrogen-bond acceptors (Lipinski definition) is 4. The molecule has 1 aliphatic carbocycles. The lowest BCUT2D eigenvalue weighted by molar-refractivity contribution is 0.224. The number of likely N-dealkylation sites (tertiary alicyclic amines) is 1. The summed E-state index contributed by atoms with van der Waals surface area (Å²) in [6, 6.07) is 5.34. The molecule has 2 N–H and O–H groups in total. The standard InChI is InChI=1S/C23H37N3O2S/c24-29(27,28)23-8-7-21-10-14-26(18-22(21)16-23)12-4-11-25-13-9-20(17-25)15-19-5-2-1-3-6-19/h7-8,16,19-20H,1-6,9-15,17-18H2,(H2,24,27,28). The van der Waals surface area contributed by atoms with Crippen LogP contribution in [0.5, 0.6) is 0 Å². The Kier molecular flexibility index (Phi) is 6.94. The highest BCUT2D eigenvalue weighted by molar-refractivity contribution is 7.89. The number of sulfonamides is 1. The lowest BCUT2D eigenvalue weighted by Gasteiger charge is -2.29. The van der Waals surface area contributed by atoms with Crippen LogP contribution in [0.15, 0.2) is 23.1 Å². The maximum absolute atomic E-state index is 11.6. The monoisotopic (exact) mass is 419 g/mol. The Hall–Kier alpha value is -0.950. The zero-order valence-corrected chi connectivity index (χ0v) is 18.5. The summed E-state index contributed by atoms with van der Waals surface area (Å²) >= 11 is 0. The van der Waals surface area contributed by atoms with Crippen LogP contribution in [0, 0.1) is 11.8 Å². The summed E-state index contributed by atoms with van der Waals surface area (Å²) in [5.74, 6) is 1.93. The molecule has 6 heteroatoms. The summed E-state index contributed by atoms with van der Waals surface area (Å²) in [7, 11) is -3.62. The topological polar surface area (TPSA) is 66.6 Å². The smallest absolute Gasteiger partial charge is 0.238 e. The van der Waals surface area contributed by atoms with Gasteiger partial charge >= 0.3 is 0 Å². The van der Waals surface area contributed by atoms with Crippen molar-refractivity contribution >= 4 is 10.0 Å². The minimum atomic E-state index is -3.62. The van der Waals surface area contributed by atoms with Crippen LogP contribution in [-0.4, -0.2) is 50.9 Å². The van der Waals surface area contributed by atoms with Crippen molar-refractivity contribution in [3.8, 4) is 0 Å². The molecule has 29 heavy (non-hydrogen) atoms. The van der Waals surface area contributed by atoms with E-state index >= 15 is 0 Å². The molecule has 0 aromatic heterocycles. The summed E-state index contributed by atoms with van der Waals surface area (Å²) < 4.78 is 23.3. The maximum Gasteiger partial charge on any atom is 0.238 e. The average molecular weight is 420 g/mol. The van der Waals surface area contributed by atoms with Crippen LogP contribution in [0.2, 0.25) is 0 Å². The number of nitrogens with zero attached hydrogens (tertiary/aromatic N) is 2. The number of rotatable bonds is 7. The molecule has 1 aromatic rings. The van der Waals surface area contributed by atoms with Gasteiger partial charge in [-0.2, -0.15) is 0 Å². The van der Waals surface area contributed by atoms with Gasteiger partial charge in [0.1, 0.15) is 0 Å². The normalized spacial score (nSPS) is 24.7. The molecule has 2 heterocycles. The average Bonchev–Trinajstić information content (AvgIpc) is 3.14. The molecule has 3 aliphatic rings. The molecule has 1 atom stereocenters. The molecule has 0 radical (unpaired) electrons. The molecule has 1 unspecified atom stereocenters. The predicted octanol–water partition coefficient (Wildman–Crippen LogP) is 3.37. The van der Waals surface area contributed by atoms with E-state index in [1.54, 1.807) is 12.1 Å². The lowest BCUT2D eigenvalue weighted by atomic mass is 9.82. The van der Waals surface area contributed by atoms with Crippen molar-refractivity contribution < 1.29 is 8.42 Å². The molecule has 1 aromatic carbocycles. The first-order valence-corrected chi connectivity index (χ1v) is 13.1. The Morgan fingerprint density at radius 2 is 1.72 bits per heavy atom. The SMILES string of the molecule is NS(=O)(=O)c1ccc2c(c1)CN(CCCN1CCC(CC3CCCCC3)C1)CC2. The van der Waals surface area contributed by atoms with E-state index in [-0.39, 0.29) is 4.90 Å². The molecular formula is C23H37N3O2S. The summed E-state index contributed by atoms with van der Waals surface area (Å²) in [4.78, 5) is 5.37. The quantitative estimate of drug-likeness (QED) is 0.736. The summed E-state index contributed by atoms with van der Waals surface area (Å²) in [5, 5.41) is 5.30. The first kappa shape index (κ1) is 21.3. The van der Waals surface area contributed by atoms with Gasteiger partial charge in [0, 0.05) is 19.6 Å². The Morgan fingerprint density at radius 1 is 0.931 bits per heavy atom. The number of nitrogens with two attached hydrogens (primary N) is 1. The Morgan fingerprint density at radius 3 is 2.52 bits per heavy atom. The molecule has 0 bridgehead atoms. The third-order valence-corrected chi connectivity index (χ3v) is 8.22. The van der Waals surface area contributed by atoms with Crippen molar-refractivity contribution in [2.24, 2.45) is 17.0 Å². The predicted molar refractivity (Wildman–Crippen MR) is 117 cm³/mol. The Balaban J connectivity index is 1.20. The second kappa shape index (κ2) is 9.46. The van der Waals surface area contributed by atoms with Gasteiger partial charge in [0.25, 0.3) is 0 Å². The van der Waals surface area contributed by atoms with Gasteiger partial charge in [-0.25, -0.2) is 13.6 Å². The molecule has 5 nitrogen and oxygen atoms in total. The first-order chi connectivity index (χ1) is 14.0. The number of hydrogen-bond donors (Lipinski definition) is 1. The van der Waals surface area contributed by atoms with E-state index in [2.05, 4.69) is 9.80 Å². The summed E-state index contributed by atoms with van der Waals surface area (Å²) in [5.41, 5.74) is 2.38. The molecule has 4 rings (SSSR count). The van der Waals surface area contributed by atoms with Crippen LogP contribution >= 0.6 is 0 Å². The van der Waals surface area contributed by atoms with Crippen LogP contribution in [-0.2, 0) is 23.0 Å². The molecule has 1 saturated heterocycles. The number of primary sulfonamides is 1. The maximum atomic E-state index is 11.6. The molecular weight excluding hydrogens is 382 g/mol. The highest BCUT2D eigenvalue weighted by atomic mass is 32.2. The summed E-state index contributed by atoms with van der Waals surface area (Å²) in [6.07, 6.45) is 12.4. The largest absolute Gasteiger partial charge is 0.303 e. The molecule has 162 valence electrons. The van der Waals surface area contributed by atoms with Crippen LogP contribution in [0.3, 0.4) is 0 Å². The summed E-state index contributed by atoms with van der Waals surface area (Å²) in [6.45, 7) is 6.76. The Labute approximate surface area is 176 Å². The van der Waals surface area contributed by atoms with E-state index in [0.717, 1.165) is 43.5 Å². The van der Waals surface area contributed by atoms with Gasteiger partial charge in [0.15, 0.2) is 0 Å². The van der Waals surface area contributed by atoms with Crippen LogP contribution in [0.4, 0.5) is 0 Å². The van der Waals surface area contributed by atoms with Gasteiger partial charge in [0.05, 0.1) is 4.90 Å². The van der Waals surface area contributed by atoms with Gasteiger partial charge in [-0.1, -0.05) is 38.2 Å². The number of fused-ring (bicyclic) bond motifs is 1. The minimum absolute atomic E-state index is 0.235. The lowest BCUT2D eigenvalue weighted by Crippen LogP contribution is -2.33. The van der Waals surface area contributed by atoms with Crippen molar-refractivity contribution in [2.75, 3.05) is 32.7 Å². The van der Waals surface area contributed by atoms with E-state index in [4.69, 9.17) is 5.14 Å². The van der Waals surface area contributed by atoms with Crippen molar-refractivity contribution in [2.45, 2.75) is 69.2 Å². The molecule has 2 fully saturated rings. The van der Waals surface area contributed by atoms with E-state index in [1.807, 2.05) is 6.07 Å². The molecule has 1 saturated carbocycles.